The first-order valence-electron chi connectivity index (χ1n) is 7.10. The lowest BCUT2D eigenvalue weighted by atomic mass is 9.87. The largest absolute Gasteiger partial charge is 0.488 e. The van der Waals surface area contributed by atoms with Crippen LogP contribution in [0.25, 0.3) is 0 Å². The molecule has 0 aromatic heterocycles. The third kappa shape index (κ3) is 3.24. The molecule has 1 aromatic rings. The predicted molar refractivity (Wildman–Crippen MR) is 81.1 cm³/mol. The highest BCUT2D eigenvalue weighted by molar-refractivity contribution is 6.30. The van der Waals surface area contributed by atoms with Crippen LogP contribution in [0.2, 0.25) is 5.02 Å². The highest BCUT2D eigenvalue weighted by Crippen LogP contribution is 2.40. The maximum Gasteiger partial charge on any atom is 0.124 e. The maximum atomic E-state index is 6.24. The number of aryl methyl sites for hydroxylation is 1. The molecule has 0 bridgehead atoms. The second-order valence-electron chi connectivity index (χ2n) is 6.13. The van der Waals surface area contributed by atoms with Gasteiger partial charge in [-0.2, -0.15) is 0 Å². The molecule has 2 atom stereocenters. The van der Waals surface area contributed by atoms with Crippen molar-refractivity contribution in [1.82, 2.24) is 5.32 Å². The van der Waals surface area contributed by atoms with Crippen LogP contribution >= 0.6 is 11.6 Å². The Kier molecular flexibility index (Phi) is 4.42. The summed E-state index contributed by atoms with van der Waals surface area (Å²) in [5.41, 5.74) is 1.43. The third-order valence-electron chi connectivity index (χ3n) is 4.14. The second kappa shape index (κ2) is 5.72. The van der Waals surface area contributed by atoms with Crippen molar-refractivity contribution in [2.75, 3.05) is 6.54 Å². The fourth-order valence-corrected chi connectivity index (χ4v) is 3.12. The summed E-state index contributed by atoms with van der Waals surface area (Å²) in [6, 6.07) is 6.24. The maximum absolute atomic E-state index is 6.24. The lowest BCUT2D eigenvalue weighted by Crippen LogP contribution is -2.46. The molecule has 1 aromatic carbocycles. The van der Waals surface area contributed by atoms with E-state index >= 15 is 0 Å². The van der Waals surface area contributed by atoms with Crippen LogP contribution in [0.5, 0.6) is 5.75 Å². The summed E-state index contributed by atoms with van der Waals surface area (Å²) in [5, 5.41) is 4.32. The summed E-state index contributed by atoms with van der Waals surface area (Å²) in [6.07, 6.45) is 2.51. The Bertz CT molecular complexity index is 444. The fraction of sp³-hybridized carbons (Fsp3) is 0.625. The number of hydrogen-bond donors (Lipinski definition) is 1. The van der Waals surface area contributed by atoms with Gasteiger partial charge in [-0.05, 0) is 49.4 Å². The van der Waals surface area contributed by atoms with Gasteiger partial charge >= 0.3 is 0 Å². The average Bonchev–Trinajstić information content (AvgIpc) is 2.62. The number of rotatable bonds is 4. The topological polar surface area (TPSA) is 21.3 Å². The number of halogens is 1. The van der Waals surface area contributed by atoms with E-state index in [1.165, 1.54) is 6.42 Å². The Morgan fingerprint density at radius 1 is 1.42 bits per heavy atom. The van der Waals surface area contributed by atoms with Gasteiger partial charge in [0.05, 0.1) is 0 Å². The quantitative estimate of drug-likeness (QED) is 0.893. The summed E-state index contributed by atoms with van der Waals surface area (Å²) in [6.45, 7) is 9.82. The van der Waals surface area contributed by atoms with Crippen molar-refractivity contribution in [1.29, 1.82) is 0 Å². The molecule has 0 spiro atoms. The van der Waals surface area contributed by atoms with Crippen LogP contribution in [-0.2, 0) is 0 Å². The summed E-state index contributed by atoms with van der Waals surface area (Å²) >= 11 is 6.06. The Balaban J connectivity index is 2.16. The molecule has 0 heterocycles. The van der Waals surface area contributed by atoms with Crippen molar-refractivity contribution in [2.45, 2.75) is 52.7 Å². The van der Waals surface area contributed by atoms with Crippen LogP contribution in [0.1, 0.15) is 39.2 Å². The third-order valence-corrected chi connectivity index (χ3v) is 4.37. The SMILES string of the molecule is CCNC1C(Oc2cc(Cl)ccc2C)CCC1(C)C. The zero-order chi connectivity index (χ0) is 14.0. The van der Waals surface area contributed by atoms with Crippen LogP contribution in [0, 0.1) is 12.3 Å². The van der Waals surface area contributed by atoms with E-state index in [4.69, 9.17) is 16.3 Å². The van der Waals surface area contributed by atoms with Crippen LogP contribution in [-0.4, -0.2) is 18.7 Å². The molecule has 19 heavy (non-hydrogen) atoms. The molecule has 0 radical (unpaired) electrons. The molecule has 0 amide bonds. The molecule has 2 nitrogen and oxygen atoms in total. The number of hydrogen-bond acceptors (Lipinski definition) is 2. The van der Waals surface area contributed by atoms with E-state index in [1.54, 1.807) is 0 Å². The van der Waals surface area contributed by atoms with Gasteiger partial charge in [0.2, 0.25) is 0 Å². The Labute approximate surface area is 121 Å². The van der Waals surface area contributed by atoms with Crippen molar-refractivity contribution < 1.29 is 4.74 Å². The molecule has 1 aliphatic carbocycles. The fourth-order valence-electron chi connectivity index (χ4n) is 2.96. The van der Waals surface area contributed by atoms with Crippen LogP contribution in [0.15, 0.2) is 18.2 Å². The molecular weight excluding hydrogens is 258 g/mol. The molecule has 2 unspecified atom stereocenters. The monoisotopic (exact) mass is 281 g/mol. The molecule has 106 valence electrons. The normalized spacial score (nSPS) is 25.5. The average molecular weight is 282 g/mol. The summed E-state index contributed by atoms with van der Waals surface area (Å²) < 4.78 is 6.24. The van der Waals surface area contributed by atoms with Crippen molar-refractivity contribution in [3.63, 3.8) is 0 Å². The summed E-state index contributed by atoms with van der Waals surface area (Å²) in [4.78, 5) is 0. The smallest absolute Gasteiger partial charge is 0.124 e. The van der Waals surface area contributed by atoms with Crippen LogP contribution in [0.3, 0.4) is 0 Å². The second-order valence-corrected chi connectivity index (χ2v) is 6.57. The van der Waals surface area contributed by atoms with Crippen LogP contribution < -0.4 is 10.1 Å². The van der Waals surface area contributed by atoms with E-state index < -0.39 is 0 Å². The molecule has 2 rings (SSSR count). The van der Waals surface area contributed by atoms with Gasteiger partial charge in [-0.25, -0.2) is 0 Å². The predicted octanol–water partition coefficient (Wildman–Crippen LogP) is 4.19. The molecular formula is C16H24ClNO. The van der Waals surface area contributed by atoms with Gasteiger partial charge in [0.25, 0.3) is 0 Å². The molecule has 0 aliphatic heterocycles. The molecule has 1 aliphatic rings. The van der Waals surface area contributed by atoms with Gasteiger partial charge in [0.15, 0.2) is 0 Å². The summed E-state index contributed by atoms with van der Waals surface area (Å²) in [7, 11) is 0. The van der Waals surface area contributed by atoms with E-state index in [2.05, 4.69) is 33.0 Å². The minimum Gasteiger partial charge on any atom is -0.488 e. The van der Waals surface area contributed by atoms with E-state index in [9.17, 15) is 0 Å². The van der Waals surface area contributed by atoms with E-state index in [-0.39, 0.29) is 11.5 Å². The Hall–Kier alpha value is -0.730. The van der Waals surface area contributed by atoms with Crippen LogP contribution in [0.4, 0.5) is 0 Å². The Morgan fingerprint density at radius 2 is 2.16 bits per heavy atom. The zero-order valence-electron chi connectivity index (χ0n) is 12.3. The lowest BCUT2D eigenvalue weighted by Gasteiger charge is -2.31. The first kappa shape index (κ1) is 14.7. The van der Waals surface area contributed by atoms with Gasteiger partial charge in [0.1, 0.15) is 11.9 Å². The minimum atomic E-state index is 0.229. The minimum absolute atomic E-state index is 0.229. The molecule has 0 saturated heterocycles. The van der Waals surface area contributed by atoms with Gasteiger partial charge in [-0.15, -0.1) is 0 Å². The number of ether oxygens (including phenoxy) is 1. The number of likely N-dealkylation sites (N-methyl/N-ethyl adjacent to an activating group) is 1. The first-order chi connectivity index (χ1) is 8.94. The first-order valence-corrected chi connectivity index (χ1v) is 7.48. The lowest BCUT2D eigenvalue weighted by molar-refractivity contribution is 0.141. The van der Waals surface area contributed by atoms with Gasteiger partial charge in [0, 0.05) is 11.1 Å². The molecule has 1 fully saturated rings. The van der Waals surface area contributed by atoms with Gasteiger partial charge in [-0.3, -0.25) is 0 Å². The highest BCUT2D eigenvalue weighted by Gasteiger charge is 2.42. The van der Waals surface area contributed by atoms with Gasteiger partial charge in [-0.1, -0.05) is 38.4 Å². The van der Waals surface area contributed by atoms with E-state index in [0.717, 1.165) is 29.3 Å². The molecule has 3 heteroatoms. The number of benzene rings is 1. The van der Waals surface area contributed by atoms with E-state index in [0.29, 0.717) is 6.04 Å². The molecule has 1 saturated carbocycles. The summed E-state index contributed by atoms with van der Waals surface area (Å²) in [5.74, 6) is 0.915. The van der Waals surface area contributed by atoms with E-state index in [1.807, 2.05) is 18.2 Å². The van der Waals surface area contributed by atoms with Crippen molar-refractivity contribution in [3.8, 4) is 5.75 Å². The highest BCUT2D eigenvalue weighted by atomic mass is 35.5. The van der Waals surface area contributed by atoms with Gasteiger partial charge < -0.3 is 10.1 Å². The van der Waals surface area contributed by atoms with Crippen molar-refractivity contribution in [2.24, 2.45) is 5.41 Å². The Morgan fingerprint density at radius 3 is 2.84 bits per heavy atom. The standard InChI is InChI=1S/C16H24ClNO/c1-5-18-15-13(8-9-16(15,3)4)19-14-10-12(17)7-6-11(14)2/h6-7,10,13,15,18H,5,8-9H2,1-4H3. The zero-order valence-corrected chi connectivity index (χ0v) is 13.1. The number of nitrogens with one attached hydrogen (secondary N) is 1. The molecule has 1 N–H and O–H groups in total. The van der Waals surface area contributed by atoms with Crippen molar-refractivity contribution in [3.05, 3.63) is 28.8 Å². The van der Waals surface area contributed by atoms with Crippen molar-refractivity contribution >= 4 is 11.6 Å².